The van der Waals surface area contributed by atoms with Gasteiger partial charge in [0, 0.05) is 0 Å². The number of nitrogens with zero attached hydrogens (tertiary/aromatic N) is 4. The molecular formula is C10H12N6NaO6P. The van der Waals surface area contributed by atoms with Crippen molar-refractivity contribution in [1.29, 1.82) is 0 Å². The topological polar surface area (TPSA) is 184 Å². The van der Waals surface area contributed by atoms with Crippen LogP contribution < -0.4 is 45.9 Å². The van der Waals surface area contributed by atoms with Crippen LogP contribution in [-0.2, 0) is 18.3 Å². The number of anilines is 2. The summed E-state index contributed by atoms with van der Waals surface area (Å²) in [4.78, 5) is 23.3. The summed E-state index contributed by atoms with van der Waals surface area (Å²) in [5.41, 5.74) is 12.1. The Morgan fingerprint density at radius 2 is 2.17 bits per heavy atom. The number of nitrogen functional groups attached to an aromatic ring is 2. The summed E-state index contributed by atoms with van der Waals surface area (Å²) in [6, 6.07) is 0. The summed E-state index contributed by atoms with van der Waals surface area (Å²) in [5.74, 6) is 0.107. The van der Waals surface area contributed by atoms with Crippen LogP contribution in [0.25, 0.3) is 11.2 Å². The minimum absolute atomic E-state index is 0. The summed E-state index contributed by atoms with van der Waals surface area (Å²) in [6.07, 6.45) is -3.03. The van der Waals surface area contributed by atoms with Gasteiger partial charge in [-0.1, -0.05) is 0 Å². The van der Waals surface area contributed by atoms with Crippen LogP contribution in [0.4, 0.5) is 11.8 Å². The zero-order chi connectivity index (χ0) is 16.4. The van der Waals surface area contributed by atoms with Crippen molar-refractivity contribution in [3.63, 3.8) is 0 Å². The molecule has 1 unspecified atom stereocenters. The van der Waals surface area contributed by atoms with Crippen molar-refractivity contribution >= 4 is 30.8 Å². The SMILES string of the molecule is Nc1ncnc2c1nc(N)n2[C@@H]1O[C@@H]2COP(=O)([O-])O[C@H]2[C@H]1O.[Na+]. The molecule has 5 N–H and O–H groups in total. The van der Waals surface area contributed by atoms with E-state index < -0.39 is 32.4 Å². The Morgan fingerprint density at radius 3 is 2.92 bits per heavy atom. The van der Waals surface area contributed by atoms with Gasteiger partial charge in [0.05, 0.1) is 6.61 Å². The van der Waals surface area contributed by atoms with E-state index in [9.17, 15) is 14.6 Å². The molecule has 2 aromatic heterocycles. The number of hydrogen-bond acceptors (Lipinski definition) is 11. The van der Waals surface area contributed by atoms with Gasteiger partial charge < -0.3 is 35.3 Å². The third-order valence-electron chi connectivity index (χ3n) is 3.74. The molecule has 0 saturated carbocycles. The zero-order valence-electron chi connectivity index (χ0n) is 12.5. The van der Waals surface area contributed by atoms with Crippen molar-refractivity contribution in [3.8, 4) is 0 Å². The van der Waals surface area contributed by atoms with Crippen LogP contribution in [0.3, 0.4) is 0 Å². The number of fused-ring (bicyclic) bond motifs is 2. The molecule has 2 fully saturated rings. The third-order valence-corrected chi connectivity index (χ3v) is 4.71. The molecule has 2 aliphatic rings. The number of phosphoric ester groups is 1. The summed E-state index contributed by atoms with van der Waals surface area (Å²) in [6.45, 7) is -0.261. The van der Waals surface area contributed by atoms with E-state index in [0.29, 0.717) is 0 Å². The van der Waals surface area contributed by atoms with Gasteiger partial charge in [-0.2, -0.15) is 0 Å². The van der Waals surface area contributed by atoms with E-state index in [1.165, 1.54) is 10.9 Å². The van der Waals surface area contributed by atoms with Crippen molar-refractivity contribution in [2.45, 2.75) is 24.5 Å². The summed E-state index contributed by atoms with van der Waals surface area (Å²) in [7, 11) is -4.46. The van der Waals surface area contributed by atoms with Crippen molar-refractivity contribution in [1.82, 2.24) is 19.5 Å². The predicted octanol–water partition coefficient (Wildman–Crippen LogP) is -4.86. The Balaban J connectivity index is 0.00000169. The largest absolute Gasteiger partial charge is 1.00 e. The molecule has 0 bridgehead atoms. The minimum Gasteiger partial charge on any atom is -0.756 e. The molecule has 12 nitrogen and oxygen atoms in total. The molecule has 124 valence electrons. The summed E-state index contributed by atoms with van der Waals surface area (Å²) in [5, 5.41) is 10.4. The van der Waals surface area contributed by atoms with Crippen LogP contribution in [0.2, 0.25) is 0 Å². The summed E-state index contributed by atoms with van der Waals surface area (Å²) >= 11 is 0. The van der Waals surface area contributed by atoms with Crippen molar-refractivity contribution < 1.29 is 57.9 Å². The molecule has 0 aliphatic carbocycles. The second-order valence-corrected chi connectivity index (χ2v) is 6.50. The first-order valence-electron chi connectivity index (χ1n) is 6.59. The number of aliphatic hydroxyl groups excluding tert-OH is 1. The number of aromatic nitrogens is 4. The Hall–Kier alpha value is -0.820. The van der Waals surface area contributed by atoms with E-state index in [0.717, 1.165) is 0 Å². The van der Waals surface area contributed by atoms with Crippen molar-refractivity contribution in [2.24, 2.45) is 0 Å². The molecule has 2 aliphatic heterocycles. The van der Waals surface area contributed by atoms with Crippen molar-refractivity contribution in [3.05, 3.63) is 6.33 Å². The van der Waals surface area contributed by atoms with Crippen LogP contribution in [0, 0.1) is 0 Å². The molecule has 4 heterocycles. The van der Waals surface area contributed by atoms with Crippen LogP contribution in [0.5, 0.6) is 0 Å². The van der Waals surface area contributed by atoms with Gasteiger partial charge in [-0.25, -0.2) is 15.0 Å². The summed E-state index contributed by atoms with van der Waals surface area (Å²) < 4.78 is 27.7. The van der Waals surface area contributed by atoms with E-state index in [-0.39, 0.29) is 59.1 Å². The predicted molar refractivity (Wildman–Crippen MR) is 72.5 cm³/mol. The van der Waals surface area contributed by atoms with Gasteiger partial charge in [-0.3, -0.25) is 9.13 Å². The molecule has 0 aromatic carbocycles. The number of rotatable bonds is 1. The molecule has 24 heavy (non-hydrogen) atoms. The van der Waals surface area contributed by atoms with Gasteiger partial charge in [0.2, 0.25) is 5.95 Å². The van der Waals surface area contributed by atoms with Gasteiger partial charge in [-0.15, -0.1) is 0 Å². The maximum Gasteiger partial charge on any atom is 1.00 e. The average Bonchev–Trinajstić information content (AvgIpc) is 2.97. The van der Waals surface area contributed by atoms with E-state index in [4.69, 9.17) is 20.7 Å². The Labute approximate surface area is 157 Å². The third kappa shape index (κ3) is 2.73. The number of hydrogen-bond donors (Lipinski definition) is 3. The first-order valence-corrected chi connectivity index (χ1v) is 8.05. The smallest absolute Gasteiger partial charge is 0.756 e. The molecule has 4 rings (SSSR count). The number of ether oxygens (including phenoxy) is 1. The standard InChI is InChI=1S/C10H13N6O6P.Na/c11-7-4-8(14-2-13-7)16(10(12)15-4)9-5(17)6-3(21-9)1-20-23(18,19)22-6;/h2-3,5-6,9,17H,1H2,(H2,12,15)(H,18,19)(H2,11,13,14);/q;+1/p-1/t3-,5-,6-,9-;/m1./s1. The fourth-order valence-corrected chi connectivity index (χ4v) is 3.68. The van der Waals surface area contributed by atoms with E-state index in [1.54, 1.807) is 0 Å². The molecule has 5 atom stereocenters. The second kappa shape index (κ2) is 6.16. The molecular weight excluding hydrogens is 354 g/mol. The van der Waals surface area contributed by atoms with Crippen LogP contribution in [-0.4, -0.2) is 49.5 Å². The zero-order valence-corrected chi connectivity index (χ0v) is 15.4. The number of aliphatic hydroxyl groups is 1. The number of imidazole rings is 1. The number of phosphoric acid groups is 1. The molecule has 14 heteroatoms. The number of nitrogens with two attached hydrogens (primary N) is 2. The Bertz CT molecular complexity index is 834. The quantitative estimate of drug-likeness (QED) is 0.325. The average molecular weight is 366 g/mol. The molecule has 0 radical (unpaired) electrons. The van der Waals surface area contributed by atoms with E-state index in [2.05, 4.69) is 19.5 Å². The Kier molecular flexibility index (Phi) is 4.62. The molecule has 2 saturated heterocycles. The molecule has 2 aromatic rings. The fraction of sp³-hybridized carbons (Fsp3) is 0.500. The van der Waals surface area contributed by atoms with Crippen LogP contribution in [0.15, 0.2) is 6.33 Å². The van der Waals surface area contributed by atoms with Gasteiger partial charge in [0.15, 0.2) is 23.2 Å². The maximum atomic E-state index is 11.4. The monoisotopic (exact) mass is 366 g/mol. The van der Waals surface area contributed by atoms with Crippen LogP contribution >= 0.6 is 7.82 Å². The Morgan fingerprint density at radius 1 is 1.42 bits per heavy atom. The fourth-order valence-electron chi connectivity index (χ4n) is 2.74. The van der Waals surface area contributed by atoms with Gasteiger partial charge in [0.25, 0.3) is 7.82 Å². The minimum atomic E-state index is -4.46. The first kappa shape index (κ1) is 18.0. The van der Waals surface area contributed by atoms with Gasteiger partial charge in [-0.05, 0) is 0 Å². The van der Waals surface area contributed by atoms with Gasteiger partial charge >= 0.3 is 29.6 Å². The first-order chi connectivity index (χ1) is 10.9. The van der Waals surface area contributed by atoms with Crippen LogP contribution in [0.1, 0.15) is 6.23 Å². The van der Waals surface area contributed by atoms with Crippen molar-refractivity contribution in [2.75, 3.05) is 18.1 Å². The van der Waals surface area contributed by atoms with E-state index in [1.807, 2.05) is 0 Å². The van der Waals surface area contributed by atoms with Gasteiger partial charge in [0.1, 0.15) is 24.6 Å². The normalized spacial score (nSPS) is 35.6. The second-order valence-electron chi connectivity index (χ2n) is 5.14. The molecule has 0 spiro atoms. The van der Waals surface area contributed by atoms with E-state index >= 15 is 0 Å². The maximum absolute atomic E-state index is 11.4. The molecule has 0 amide bonds.